The van der Waals surface area contributed by atoms with Gasteiger partial charge in [0.15, 0.2) is 0 Å². The van der Waals surface area contributed by atoms with Gasteiger partial charge in [-0.15, -0.1) is 0 Å². The highest BCUT2D eigenvalue weighted by atomic mass is 16.5. The summed E-state index contributed by atoms with van der Waals surface area (Å²) in [4.78, 5) is 0. The normalized spacial score (nSPS) is 13.7. The van der Waals surface area contributed by atoms with Gasteiger partial charge in [-0.3, -0.25) is 0 Å². The maximum Gasteiger partial charge on any atom is 0.0750 e. The lowest BCUT2D eigenvalue weighted by molar-refractivity contribution is -0.0103. The summed E-state index contributed by atoms with van der Waals surface area (Å²) in [7, 11) is 0. The van der Waals surface area contributed by atoms with Crippen molar-refractivity contribution in [3.05, 3.63) is 34.9 Å². The van der Waals surface area contributed by atoms with Crippen LogP contribution < -0.4 is 5.32 Å². The van der Waals surface area contributed by atoms with Crippen molar-refractivity contribution in [1.82, 2.24) is 5.32 Å². The summed E-state index contributed by atoms with van der Waals surface area (Å²) in [5.41, 5.74) is 3.88. The van der Waals surface area contributed by atoms with Crippen molar-refractivity contribution in [2.45, 2.75) is 53.2 Å². The second-order valence-electron chi connectivity index (χ2n) is 5.72. The van der Waals surface area contributed by atoms with Gasteiger partial charge in [0.1, 0.15) is 0 Å². The van der Waals surface area contributed by atoms with Gasteiger partial charge in [0, 0.05) is 19.2 Å². The molecule has 1 aromatic rings. The van der Waals surface area contributed by atoms with E-state index in [1.165, 1.54) is 16.7 Å². The summed E-state index contributed by atoms with van der Waals surface area (Å²) in [5.74, 6) is 0. The summed E-state index contributed by atoms with van der Waals surface area (Å²) < 4.78 is 5.70. The SMILES string of the molecule is CCOC(C)(C)CNC(C)c1cc(C)cc(C)c1. The van der Waals surface area contributed by atoms with Gasteiger partial charge in [0.25, 0.3) is 0 Å². The summed E-state index contributed by atoms with van der Waals surface area (Å²) in [5, 5.41) is 3.55. The van der Waals surface area contributed by atoms with E-state index in [2.05, 4.69) is 58.1 Å². The molecule has 0 spiro atoms. The quantitative estimate of drug-likeness (QED) is 0.828. The zero-order chi connectivity index (χ0) is 13.8. The maximum absolute atomic E-state index is 5.70. The molecule has 0 radical (unpaired) electrons. The van der Waals surface area contributed by atoms with Crippen molar-refractivity contribution in [3.8, 4) is 0 Å². The highest BCUT2D eigenvalue weighted by Crippen LogP contribution is 2.18. The predicted molar refractivity (Wildman–Crippen MR) is 78.0 cm³/mol. The Morgan fingerprint density at radius 1 is 1.17 bits per heavy atom. The third-order valence-corrected chi connectivity index (χ3v) is 3.11. The van der Waals surface area contributed by atoms with E-state index in [-0.39, 0.29) is 5.60 Å². The fourth-order valence-corrected chi connectivity index (χ4v) is 2.22. The Labute approximate surface area is 112 Å². The molecular weight excluding hydrogens is 222 g/mol. The van der Waals surface area contributed by atoms with E-state index >= 15 is 0 Å². The van der Waals surface area contributed by atoms with Gasteiger partial charge in [-0.05, 0) is 47.1 Å². The minimum atomic E-state index is -0.109. The molecule has 0 aliphatic rings. The highest BCUT2D eigenvalue weighted by molar-refractivity contribution is 5.30. The predicted octanol–water partition coefficient (Wildman–Crippen LogP) is 3.77. The highest BCUT2D eigenvalue weighted by Gasteiger charge is 2.18. The Balaban J connectivity index is 2.62. The summed E-state index contributed by atoms with van der Waals surface area (Å²) in [6.07, 6.45) is 0. The van der Waals surface area contributed by atoms with E-state index in [1.54, 1.807) is 0 Å². The van der Waals surface area contributed by atoms with E-state index < -0.39 is 0 Å². The van der Waals surface area contributed by atoms with Crippen molar-refractivity contribution in [2.24, 2.45) is 0 Å². The molecule has 0 aliphatic heterocycles. The first-order valence-electron chi connectivity index (χ1n) is 6.79. The average molecular weight is 249 g/mol. The molecule has 0 aromatic heterocycles. The van der Waals surface area contributed by atoms with Crippen LogP contribution >= 0.6 is 0 Å². The van der Waals surface area contributed by atoms with E-state index in [0.29, 0.717) is 6.04 Å². The lowest BCUT2D eigenvalue weighted by Crippen LogP contribution is -2.38. The van der Waals surface area contributed by atoms with Gasteiger partial charge in [-0.2, -0.15) is 0 Å². The number of ether oxygens (including phenoxy) is 1. The first-order chi connectivity index (χ1) is 8.34. The lowest BCUT2D eigenvalue weighted by Gasteiger charge is -2.27. The van der Waals surface area contributed by atoms with Crippen molar-refractivity contribution in [3.63, 3.8) is 0 Å². The molecule has 2 nitrogen and oxygen atoms in total. The van der Waals surface area contributed by atoms with Crippen molar-refractivity contribution >= 4 is 0 Å². The number of hydrogen-bond acceptors (Lipinski definition) is 2. The first-order valence-corrected chi connectivity index (χ1v) is 6.79. The number of benzene rings is 1. The Bertz CT molecular complexity index is 364. The van der Waals surface area contributed by atoms with E-state index in [0.717, 1.165) is 13.2 Å². The number of aryl methyl sites for hydroxylation is 2. The van der Waals surface area contributed by atoms with Gasteiger partial charge in [-0.1, -0.05) is 29.3 Å². The molecule has 0 saturated carbocycles. The van der Waals surface area contributed by atoms with Crippen molar-refractivity contribution in [2.75, 3.05) is 13.2 Å². The number of rotatable bonds is 6. The van der Waals surface area contributed by atoms with Gasteiger partial charge < -0.3 is 10.1 Å². The molecule has 1 N–H and O–H groups in total. The van der Waals surface area contributed by atoms with Crippen LogP contribution in [0, 0.1) is 13.8 Å². The van der Waals surface area contributed by atoms with Gasteiger partial charge in [0.2, 0.25) is 0 Å². The second kappa shape index (κ2) is 6.35. The largest absolute Gasteiger partial charge is 0.375 e. The molecule has 0 bridgehead atoms. The van der Waals surface area contributed by atoms with Gasteiger partial charge in [-0.25, -0.2) is 0 Å². The Morgan fingerprint density at radius 2 is 1.72 bits per heavy atom. The third kappa shape index (κ3) is 4.79. The van der Waals surface area contributed by atoms with Crippen LogP contribution in [0.15, 0.2) is 18.2 Å². The Morgan fingerprint density at radius 3 is 2.22 bits per heavy atom. The van der Waals surface area contributed by atoms with E-state index in [4.69, 9.17) is 4.74 Å². The van der Waals surface area contributed by atoms with Crippen LogP contribution in [0.1, 0.15) is 50.4 Å². The minimum absolute atomic E-state index is 0.109. The van der Waals surface area contributed by atoms with Crippen LogP contribution in [-0.2, 0) is 4.74 Å². The second-order valence-corrected chi connectivity index (χ2v) is 5.72. The summed E-state index contributed by atoms with van der Waals surface area (Å²) in [6, 6.07) is 7.06. The lowest BCUT2D eigenvalue weighted by atomic mass is 10.0. The minimum Gasteiger partial charge on any atom is -0.375 e. The zero-order valence-corrected chi connectivity index (χ0v) is 12.6. The molecule has 0 fully saturated rings. The molecule has 1 aromatic carbocycles. The van der Waals surface area contributed by atoms with Crippen LogP contribution in [0.4, 0.5) is 0 Å². The fourth-order valence-electron chi connectivity index (χ4n) is 2.22. The molecule has 2 heteroatoms. The van der Waals surface area contributed by atoms with Crippen LogP contribution in [0.2, 0.25) is 0 Å². The summed E-state index contributed by atoms with van der Waals surface area (Å²) >= 11 is 0. The van der Waals surface area contributed by atoms with E-state index in [9.17, 15) is 0 Å². The molecule has 0 aliphatic carbocycles. The Hall–Kier alpha value is -0.860. The van der Waals surface area contributed by atoms with Crippen LogP contribution in [0.5, 0.6) is 0 Å². The van der Waals surface area contributed by atoms with Crippen molar-refractivity contribution in [1.29, 1.82) is 0 Å². The smallest absolute Gasteiger partial charge is 0.0750 e. The topological polar surface area (TPSA) is 21.3 Å². The van der Waals surface area contributed by atoms with E-state index in [1.807, 2.05) is 6.92 Å². The number of nitrogens with one attached hydrogen (secondary N) is 1. The Kier molecular flexibility index (Phi) is 5.36. The molecule has 0 heterocycles. The fraction of sp³-hybridized carbons (Fsp3) is 0.625. The van der Waals surface area contributed by atoms with Gasteiger partial charge in [0.05, 0.1) is 5.60 Å². The average Bonchev–Trinajstić information content (AvgIpc) is 2.24. The van der Waals surface area contributed by atoms with Crippen LogP contribution in [-0.4, -0.2) is 18.8 Å². The molecule has 0 amide bonds. The first kappa shape index (κ1) is 15.2. The maximum atomic E-state index is 5.70. The molecule has 18 heavy (non-hydrogen) atoms. The van der Waals surface area contributed by atoms with Gasteiger partial charge >= 0.3 is 0 Å². The summed E-state index contributed by atoms with van der Waals surface area (Å²) in [6.45, 7) is 14.4. The standard InChI is InChI=1S/C16H27NO/c1-7-18-16(5,6)11-17-14(4)15-9-12(2)8-13(3)10-15/h8-10,14,17H,7,11H2,1-6H3. The number of hydrogen-bond donors (Lipinski definition) is 1. The third-order valence-electron chi connectivity index (χ3n) is 3.11. The zero-order valence-electron chi connectivity index (χ0n) is 12.6. The van der Waals surface area contributed by atoms with Crippen LogP contribution in [0.25, 0.3) is 0 Å². The molecule has 1 rings (SSSR count). The molecule has 0 saturated heterocycles. The molecule has 1 unspecified atom stereocenters. The molecule has 1 atom stereocenters. The molecular formula is C16H27NO. The van der Waals surface area contributed by atoms with Crippen molar-refractivity contribution < 1.29 is 4.74 Å². The molecule has 102 valence electrons. The van der Waals surface area contributed by atoms with Crippen LogP contribution in [0.3, 0.4) is 0 Å². The monoisotopic (exact) mass is 249 g/mol.